The molecule has 2 aromatic carbocycles. The maximum Gasteiger partial charge on any atom is 0.162 e. The van der Waals surface area contributed by atoms with Gasteiger partial charge in [-0.05, 0) is 12.1 Å². The Hall–Kier alpha value is -2.37. The minimum atomic E-state index is -0.496. The molecule has 2 aromatic heterocycles. The van der Waals surface area contributed by atoms with Gasteiger partial charge >= 0.3 is 0 Å². The van der Waals surface area contributed by atoms with Crippen molar-refractivity contribution in [1.82, 2.24) is 14.4 Å². The number of imidazole rings is 1. The zero-order chi connectivity index (χ0) is 17.6. The maximum atomic E-state index is 14.1. The number of aromatic nitrogens is 3. The summed E-state index contributed by atoms with van der Waals surface area (Å²) in [6.07, 6.45) is 3.20. The predicted molar refractivity (Wildman–Crippen MR) is 93.4 cm³/mol. The number of nitrogens with one attached hydrogen (secondary N) is 1. The molecule has 0 aliphatic heterocycles. The van der Waals surface area contributed by atoms with Crippen molar-refractivity contribution in [2.45, 2.75) is 0 Å². The quantitative estimate of drug-likeness (QED) is 0.408. The molecular weight excluding hydrogens is 531 g/mol. The molecule has 0 radical (unpaired) electrons. The third-order valence-electron chi connectivity index (χ3n) is 3.86. The van der Waals surface area contributed by atoms with Crippen LogP contribution in [0.15, 0.2) is 42.9 Å². The van der Waals surface area contributed by atoms with E-state index in [1.54, 1.807) is 29.1 Å². The van der Waals surface area contributed by atoms with Gasteiger partial charge in [-0.1, -0.05) is 17.7 Å². The Kier molecular flexibility index (Phi) is 5.03. The van der Waals surface area contributed by atoms with Gasteiger partial charge in [0.05, 0.1) is 41.4 Å². The fraction of sp³-hybridized carbons (Fsp3) is 0.0588. The smallest absolute Gasteiger partial charge is 0.162 e. The summed E-state index contributed by atoms with van der Waals surface area (Å²) >= 11 is 6.08. The van der Waals surface area contributed by atoms with Crippen LogP contribution in [0.5, 0.6) is 11.5 Å². The van der Waals surface area contributed by atoms with Crippen LogP contribution >= 0.6 is 11.6 Å². The number of hydrogen-bond acceptors (Lipinski definition) is 5. The van der Waals surface area contributed by atoms with Crippen molar-refractivity contribution < 1.29 is 35.3 Å². The van der Waals surface area contributed by atoms with Crippen molar-refractivity contribution in [3.8, 4) is 11.5 Å². The number of rotatable bonds is 3. The number of hydrogen-bond donors (Lipinski definition) is 2. The minimum Gasteiger partial charge on any atom is -0.504 e. The van der Waals surface area contributed by atoms with Crippen molar-refractivity contribution in [1.29, 1.82) is 0 Å². The minimum absolute atomic E-state index is 0. The molecule has 2 N–H and O–H groups in total. The Bertz CT molecular complexity index is 1100. The molecule has 0 atom stereocenters. The van der Waals surface area contributed by atoms with E-state index in [9.17, 15) is 9.50 Å². The molecular formula is C17H12ClFN4O2W. The Morgan fingerprint density at radius 1 is 1.27 bits per heavy atom. The molecule has 26 heavy (non-hydrogen) atoms. The maximum absolute atomic E-state index is 14.1. The summed E-state index contributed by atoms with van der Waals surface area (Å²) in [7, 11) is 1.47. The van der Waals surface area contributed by atoms with Gasteiger partial charge in [-0.15, -0.1) is 0 Å². The Morgan fingerprint density at radius 2 is 2.08 bits per heavy atom. The molecule has 6 nitrogen and oxygen atoms in total. The van der Waals surface area contributed by atoms with Crippen LogP contribution in [0.3, 0.4) is 0 Å². The summed E-state index contributed by atoms with van der Waals surface area (Å²) < 4.78 is 21.0. The number of phenolic OH excluding ortho intramolecular Hbond substituents is 1. The Labute approximate surface area is 166 Å². The first kappa shape index (κ1) is 18.4. The predicted octanol–water partition coefficient (Wildman–Crippen LogP) is 4.13. The molecule has 0 amide bonds. The number of fused-ring (bicyclic) bond motifs is 3. The van der Waals surface area contributed by atoms with E-state index in [4.69, 9.17) is 16.3 Å². The molecule has 4 rings (SSSR count). The van der Waals surface area contributed by atoms with Crippen LogP contribution in [-0.4, -0.2) is 26.6 Å². The summed E-state index contributed by atoms with van der Waals surface area (Å²) in [5.74, 6) is 0.144. The molecule has 0 spiro atoms. The Balaban J connectivity index is 0.00000196. The van der Waals surface area contributed by atoms with Crippen LogP contribution < -0.4 is 10.1 Å². The van der Waals surface area contributed by atoms with Gasteiger partial charge in [0.2, 0.25) is 0 Å². The van der Waals surface area contributed by atoms with Gasteiger partial charge in [-0.2, -0.15) is 0 Å². The van der Waals surface area contributed by atoms with Gasteiger partial charge in [0.15, 0.2) is 17.3 Å². The molecule has 9 heteroatoms. The van der Waals surface area contributed by atoms with E-state index in [0.717, 1.165) is 0 Å². The van der Waals surface area contributed by atoms with Crippen LogP contribution in [0.25, 0.3) is 16.6 Å². The van der Waals surface area contributed by atoms with Crippen molar-refractivity contribution >= 4 is 39.7 Å². The summed E-state index contributed by atoms with van der Waals surface area (Å²) in [5, 5.41) is 13.2. The van der Waals surface area contributed by atoms with Crippen molar-refractivity contribution in [3.05, 3.63) is 53.7 Å². The average Bonchev–Trinajstić information content (AvgIpc) is 3.08. The average molecular weight is 543 g/mol. The second-order valence-electron chi connectivity index (χ2n) is 5.34. The fourth-order valence-corrected chi connectivity index (χ4v) is 2.87. The number of methoxy groups -OCH3 is 1. The first-order valence-corrected chi connectivity index (χ1v) is 7.70. The molecule has 0 saturated heterocycles. The Morgan fingerprint density at radius 3 is 2.81 bits per heavy atom. The van der Waals surface area contributed by atoms with Gasteiger partial charge in [-0.25, -0.2) is 14.4 Å². The summed E-state index contributed by atoms with van der Waals surface area (Å²) in [6, 6.07) is 7.54. The molecule has 0 aliphatic rings. The third kappa shape index (κ3) is 2.97. The van der Waals surface area contributed by atoms with E-state index in [0.29, 0.717) is 28.1 Å². The second kappa shape index (κ2) is 7.09. The van der Waals surface area contributed by atoms with Crippen LogP contribution in [0.2, 0.25) is 5.02 Å². The zero-order valence-electron chi connectivity index (χ0n) is 13.4. The SMILES string of the molecule is COc1cc2c(cc1O)nc(Nc1c(F)cccc1Cl)c1cncn12.[W]. The van der Waals surface area contributed by atoms with E-state index in [-0.39, 0.29) is 37.5 Å². The number of benzene rings is 2. The van der Waals surface area contributed by atoms with E-state index >= 15 is 0 Å². The van der Waals surface area contributed by atoms with E-state index < -0.39 is 5.82 Å². The molecule has 132 valence electrons. The van der Waals surface area contributed by atoms with Crippen LogP contribution in [-0.2, 0) is 21.1 Å². The fourth-order valence-electron chi connectivity index (χ4n) is 2.66. The van der Waals surface area contributed by atoms with Gasteiger partial charge in [0, 0.05) is 33.2 Å². The van der Waals surface area contributed by atoms with Gasteiger partial charge in [-0.3, -0.25) is 4.40 Å². The monoisotopic (exact) mass is 542 g/mol. The number of anilines is 2. The van der Waals surface area contributed by atoms with Crippen molar-refractivity contribution in [3.63, 3.8) is 0 Å². The van der Waals surface area contributed by atoms with Gasteiger partial charge < -0.3 is 15.2 Å². The van der Waals surface area contributed by atoms with E-state index in [1.807, 2.05) is 0 Å². The number of phenols is 1. The molecule has 0 bridgehead atoms. The first-order valence-electron chi connectivity index (χ1n) is 7.32. The summed E-state index contributed by atoms with van der Waals surface area (Å²) in [6.45, 7) is 0. The number of nitrogens with zero attached hydrogens (tertiary/aromatic N) is 3. The van der Waals surface area contributed by atoms with Crippen molar-refractivity contribution in [2.75, 3.05) is 12.4 Å². The second-order valence-corrected chi connectivity index (χ2v) is 5.75. The standard InChI is InChI=1S/C17H12ClFN4O2.W/c1-25-15-6-12-11(5-14(15)24)21-17(13-7-20-8-23(12)13)22-16-9(18)3-2-4-10(16)19;/h2-8,24H,1H3,(H,21,22);. The summed E-state index contributed by atoms with van der Waals surface area (Å²) in [4.78, 5) is 8.61. The van der Waals surface area contributed by atoms with E-state index in [1.165, 1.54) is 25.3 Å². The number of aromatic hydroxyl groups is 1. The number of halogens is 2. The van der Waals surface area contributed by atoms with Crippen LogP contribution in [0.4, 0.5) is 15.9 Å². The first-order chi connectivity index (χ1) is 12.1. The molecule has 2 heterocycles. The van der Waals surface area contributed by atoms with Crippen molar-refractivity contribution in [2.24, 2.45) is 0 Å². The molecule has 0 saturated carbocycles. The molecule has 4 aromatic rings. The van der Waals surface area contributed by atoms with Crippen LogP contribution in [0.1, 0.15) is 0 Å². The topological polar surface area (TPSA) is 71.7 Å². The van der Waals surface area contributed by atoms with Crippen LogP contribution in [0, 0.1) is 5.82 Å². The third-order valence-corrected chi connectivity index (χ3v) is 4.17. The largest absolute Gasteiger partial charge is 0.504 e. The number of para-hydroxylation sites is 1. The van der Waals surface area contributed by atoms with Gasteiger partial charge in [0.1, 0.15) is 11.3 Å². The van der Waals surface area contributed by atoms with Gasteiger partial charge in [0.25, 0.3) is 0 Å². The van der Waals surface area contributed by atoms with E-state index in [2.05, 4.69) is 15.3 Å². The number of ether oxygens (including phenoxy) is 1. The molecule has 0 aliphatic carbocycles. The normalized spacial score (nSPS) is 10.7. The molecule has 0 unspecified atom stereocenters. The summed E-state index contributed by atoms with van der Waals surface area (Å²) in [5.41, 5.74) is 1.92. The molecule has 0 fully saturated rings. The zero-order valence-corrected chi connectivity index (χ0v) is 17.1.